The largest absolute Gasteiger partial charge is 0.503 e. The number of hydrogen-bond donors (Lipinski definition) is 1. The molecule has 1 atom stereocenters. The predicted octanol–water partition coefficient (Wildman–Crippen LogP) is 6.04. The summed E-state index contributed by atoms with van der Waals surface area (Å²) in [5.41, 5.74) is 2.51. The molecular formula is C31H25NO5. The monoisotopic (exact) mass is 491 g/mol. The van der Waals surface area contributed by atoms with E-state index in [0.717, 1.165) is 11.1 Å². The zero-order valence-corrected chi connectivity index (χ0v) is 20.0. The fourth-order valence-corrected chi connectivity index (χ4v) is 4.33. The van der Waals surface area contributed by atoms with Crippen LogP contribution in [0.25, 0.3) is 6.08 Å². The number of hydrogen-bond acceptors (Lipinski definition) is 5. The van der Waals surface area contributed by atoms with E-state index in [-0.39, 0.29) is 12.1 Å². The Labute approximate surface area is 214 Å². The third-order valence-corrected chi connectivity index (χ3v) is 6.12. The van der Waals surface area contributed by atoms with Crippen molar-refractivity contribution in [1.82, 2.24) is 4.90 Å². The van der Waals surface area contributed by atoms with Crippen molar-refractivity contribution < 1.29 is 23.8 Å². The topological polar surface area (TPSA) is 80.0 Å². The van der Waals surface area contributed by atoms with Gasteiger partial charge in [-0.25, -0.2) is 0 Å². The van der Waals surface area contributed by atoms with Crippen LogP contribution in [-0.2, 0) is 22.7 Å². The number of aliphatic hydroxyl groups is 1. The minimum Gasteiger partial charge on any atom is -0.503 e. The predicted molar refractivity (Wildman–Crippen MR) is 139 cm³/mol. The fraction of sp³-hybridized carbons (Fsp3) is 0.0968. The molecule has 1 aliphatic rings. The van der Waals surface area contributed by atoms with Crippen LogP contribution in [0.2, 0.25) is 0 Å². The van der Waals surface area contributed by atoms with Crippen molar-refractivity contribution in [3.8, 4) is 5.75 Å². The molecule has 3 aromatic carbocycles. The number of ether oxygens (including phenoxy) is 1. The highest BCUT2D eigenvalue weighted by Crippen LogP contribution is 2.40. The van der Waals surface area contributed by atoms with Crippen LogP contribution in [0.4, 0.5) is 0 Å². The van der Waals surface area contributed by atoms with Crippen LogP contribution in [0.1, 0.15) is 28.5 Å². The Bertz CT molecular complexity index is 1440. The fourth-order valence-electron chi connectivity index (χ4n) is 4.33. The Hall–Kier alpha value is -4.84. The van der Waals surface area contributed by atoms with Gasteiger partial charge in [0.05, 0.1) is 24.4 Å². The number of allylic oxidation sites excluding steroid dienone is 1. The third-order valence-electron chi connectivity index (χ3n) is 6.12. The second-order valence-corrected chi connectivity index (χ2v) is 8.63. The van der Waals surface area contributed by atoms with Gasteiger partial charge in [-0.15, -0.1) is 0 Å². The van der Waals surface area contributed by atoms with Gasteiger partial charge in [0.15, 0.2) is 11.5 Å². The second-order valence-electron chi connectivity index (χ2n) is 8.63. The Balaban J connectivity index is 1.47. The van der Waals surface area contributed by atoms with E-state index in [1.54, 1.807) is 24.3 Å². The summed E-state index contributed by atoms with van der Waals surface area (Å²) >= 11 is 0. The van der Waals surface area contributed by atoms with Gasteiger partial charge in [0.25, 0.3) is 5.91 Å². The SMILES string of the molecule is O=C(C=Cc1ccccc1)C1=C(O)C(=O)N(Cc2ccco2)C1c1cccc(OCc2ccccc2)c1. The van der Waals surface area contributed by atoms with Crippen molar-refractivity contribution in [3.63, 3.8) is 0 Å². The zero-order valence-electron chi connectivity index (χ0n) is 20.0. The second kappa shape index (κ2) is 10.8. The lowest BCUT2D eigenvalue weighted by atomic mass is 9.95. The van der Waals surface area contributed by atoms with Gasteiger partial charge in [-0.3, -0.25) is 9.59 Å². The number of amides is 1. The molecule has 1 N–H and O–H groups in total. The van der Waals surface area contributed by atoms with E-state index in [1.165, 1.54) is 17.2 Å². The first kappa shape index (κ1) is 23.9. The normalized spacial score (nSPS) is 15.5. The minimum absolute atomic E-state index is 0.0175. The number of benzene rings is 3. The third kappa shape index (κ3) is 5.38. The van der Waals surface area contributed by atoms with E-state index in [9.17, 15) is 14.7 Å². The highest BCUT2D eigenvalue weighted by Gasteiger charge is 2.43. The number of furan rings is 1. The first-order valence-corrected chi connectivity index (χ1v) is 11.9. The molecule has 0 bridgehead atoms. The van der Waals surface area contributed by atoms with Crippen LogP contribution in [0.3, 0.4) is 0 Å². The van der Waals surface area contributed by atoms with Crippen molar-refractivity contribution >= 4 is 17.8 Å². The zero-order chi connectivity index (χ0) is 25.6. The number of aliphatic hydroxyl groups excluding tert-OH is 1. The lowest BCUT2D eigenvalue weighted by Crippen LogP contribution is -2.30. The summed E-state index contributed by atoms with van der Waals surface area (Å²) in [6.45, 7) is 0.464. The van der Waals surface area contributed by atoms with Gasteiger partial charge < -0.3 is 19.2 Å². The molecule has 6 nitrogen and oxygen atoms in total. The molecule has 0 saturated heterocycles. The Morgan fingerprint density at radius 2 is 1.70 bits per heavy atom. The molecule has 0 spiro atoms. The lowest BCUT2D eigenvalue weighted by molar-refractivity contribution is -0.130. The molecule has 5 rings (SSSR count). The molecule has 0 saturated carbocycles. The Morgan fingerprint density at radius 3 is 2.43 bits per heavy atom. The summed E-state index contributed by atoms with van der Waals surface area (Å²) in [5, 5.41) is 10.8. The Kier molecular flexibility index (Phi) is 6.99. The summed E-state index contributed by atoms with van der Waals surface area (Å²) in [4.78, 5) is 28.0. The van der Waals surface area contributed by atoms with Gasteiger partial charge in [0, 0.05) is 0 Å². The van der Waals surface area contributed by atoms with Gasteiger partial charge in [0.2, 0.25) is 0 Å². The molecule has 2 heterocycles. The quantitative estimate of drug-likeness (QED) is 0.289. The average molecular weight is 492 g/mol. The van der Waals surface area contributed by atoms with E-state index < -0.39 is 23.5 Å². The van der Waals surface area contributed by atoms with Crippen LogP contribution in [-0.4, -0.2) is 21.7 Å². The Morgan fingerprint density at radius 1 is 0.946 bits per heavy atom. The summed E-state index contributed by atoms with van der Waals surface area (Å²) in [6.07, 6.45) is 4.57. The van der Waals surface area contributed by atoms with Gasteiger partial charge in [0.1, 0.15) is 18.1 Å². The van der Waals surface area contributed by atoms with Crippen molar-refractivity contribution in [3.05, 3.63) is 143 Å². The highest BCUT2D eigenvalue weighted by atomic mass is 16.5. The van der Waals surface area contributed by atoms with Crippen LogP contribution < -0.4 is 4.74 Å². The number of carbonyl (C=O) groups excluding carboxylic acids is 2. The summed E-state index contributed by atoms with van der Waals surface area (Å²) in [6, 6.07) is 29.0. The minimum atomic E-state index is -0.814. The maximum Gasteiger partial charge on any atom is 0.290 e. The molecule has 0 radical (unpaired) electrons. The van der Waals surface area contributed by atoms with Gasteiger partial charge in [-0.2, -0.15) is 0 Å². The number of nitrogens with zero attached hydrogens (tertiary/aromatic N) is 1. The number of rotatable bonds is 9. The maximum atomic E-state index is 13.4. The molecule has 0 aliphatic carbocycles. The molecular weight excluding hydrogens is 466 g/mol. The van der Waals surface area contributed by atoms with Crippen LogP contribution in [0, 0.1) is 0 Å². The number of carbonyl (C=O) groups is 2. The van der Waals surface area contributed by atoms with Crippen LogP contribution in [0.15, 0.2) is 125 Å². The molecule has 1 amide bonds. The van der Waals surface area contributed by atoms with Crippen molar-refractivity contribution in [2.75, 3.05) is 0 Å². The molecule has 1 aliphatic heterocycles. The molecule has 6 heteroatoms. The summed E-state index contributed by atoms with van der Waals surface area (Å²) < 4.78 is 11.4. The molecule has 184 valence electrons. The van der Waals surface area contributed by atoms with E-state index in [4.69, 9.17) is 9.15 Å². The van der Waals surface area contributed by atoms with Crippen molar-refractivity contribution in [1.29, 1.82) is 0 Å². The molecule has 37 heavy (non-hydrogen) atoms. The standard InChI is InChI=1S/C31H25NO5/c33-27(17-16-22-9-3-1-4-10-22)28-29(32(31(35)30(28)34)20-26-15-8-18-36-26)24-13-7-14-25(19-24)37-21-23-11-5-2-6-12-23/h1-19,29,34H,20-21H2. The summed E-state index contributed by atoms with van der Waals surface area (Å²) in [7, 11) is 0. The van der Waals surface area contributed by atoms with Crippen molar-refractivity contribution in [2.24, 2.45) is 0 Å². The maximum absolute atomic E-state index is 13.4. The smallest absolute Gasteiger partial charge is 0.290 e. The van der Waals surface area contributed by atoms with E-state index in [0.29, 0.717) is 23.7 Å². The van der Waals surface area contributed by atoms with Gasteiger partial charge in [-0.05, 0) is 47.0 Å². The molecule has 0 fully saturated rings. The van der Waals surface area contributed by atoms with Gasteiger partial charge >= 0.3 is 0 Å². The molecule has 1 aromatic heterocycles. The van der Waals surface area contributed by atoms with Crippen LogP contribution in [0.5, 0.6) is 5.75 Å². The average Bonchev–Trinajstić information content (AvgIpc) is 3.54. The number of ketones is 1. The molecule has 1 unspecified atom stereocenters. The van der Waals surface area contributed by atoms with E-state index in [1.807, 2.05) is 78.9 Å². The van der Waals surface area contributed by atoms with Crippen LogP contribution >= 0.6 is 0 Å². The molecule has 4 aromatic rings. The summed E-state index contributed by atoms with van der Waals surface area (Å²) in [5.74, 6) is -0.512. The van der Waals surface area contributed by atoms with E-state index in [2.05, 4.69) is 0 Å². The van der Waals surface area contributed by atoms with E-state index >= 15 is 0 Å². The highest BCUT2D eigenvalue weighted by molar-refractivity contribution is 6.14. The first-order valence-electron chi connectivity index (χ1n) is 11.9. The first-order chi connectivity index (χ1) is 18.1. The lowest BCUT2D eigenvalue weighted by Gasteiger charge is -2.26. The van der Waals surface area contributed by atoms with Gasteiger partial charge in [-0.1, -0.05) is 78.9 Å². The van der Waals surface area contributed by atoms with Crippen molar-refractivity contribution in [2.45, 2.75) is 19.2 Å².